The number of aromatic amines is 1. The Morgan fingerprint density at radius 3 is 1.74 bits per heavy atom. The maximum Gasteiger partial charge on any atom is 0.737 e. The number of ether oxygens (including phenoxy) is 14. The van der Waals surface area contributed by atoms with Gasteiger partial charge in [-0.1, -0.05) is 47.7 Å². The lowest BCUT2D eigenvalue weighted by atomic mass is 9.83. The first-order valence-electron chi connectivity index (χ1n) is 38.4. The van der Waals surface area contributed by atoms with Gasteiger partial charge in [0.15, 0.2) is 22.6 Å². The zero-order valence-electron chi connectivity index (χ0n) is 66.1. The normalized spacial score (nSPS) is 13.5. The number of halogens is 4. The largest absolute Gasteiger partial charge is 0.737 e. The van der Waals surface area contributed by atoms with Crippen molar-refractivity contribution in [1.29, 1.82) is 0 Å². The van der Waals surface area contributed by atoms with Crippen LogP contribution in [0.1, 0.15) is 75.2 Å². The Kier molecular flexibility index (Phi) is 36.9. The van der Waals surface area contributed by atoms with E-state index >= 15 is 8.63 Å². The summed E-state index contributed by atoms with van der Waals surface area (Å²) in [6.07, 6.45) is 10.2. The third-order valence-corrected chi connectivity index (χ3v) is 20.9. The number of benzene rings is 4. The number of nitrogen functional groups attached to an aromatic ring is 1. The number of aliphatic carboxylic acids is 1. The van der Waals surface area contributed by atoms with Crippen molar-refractivity contribution in [3.63, 3.8) is 0 Å². The standard InChI is InChI=1S/C81H98BF2I2N13O19/c1-55-72(85)68(24-9-57-5-17-64(18-6-57)116-48-45-112-40-37-109-33-31-105-3)98-75(55)71(76-56(2)73(86)69(99(76)82(98,83)84)25-10-58-7-19-65(20-8-58)117-49-46-113-41-38-110-34-32-106-4)59-13-21-66(22-14-59)118-50-47-114-42-39-111-43-44-115-54-63-53-97(96-95-63)28-30-108-36-35-107-29-27-88-70(100)26-23-67(80(103)104)92-78(101)60-11-15-61(16-12-60)89-51-62-52-90-77-74(91-62)79(102)94-81(87)93-77/h5-22,24-25,52-53,67,89H,23,26-51,54H2,1-4H3,(H,88,100)(H,92,101)(H,103,104)(H3,87,90,93,94,102)/b24-9+,25-10+/t67-/m0/s1. The van der Waals surface area contributed by atoms with Crippen molar-refractivity contribution in [2.75, 3.05) is 177 Å². The van der Waals surface area contributed by atoms with E-state index in [9.17, 15) is 24.3 Å². The van der Waals surface area contributed by atoms with Crippen molar-refractivity contribution in [2.24, 2.45) is 0 Å². The molecule has 0 fully saturated rings. The van der Waals surface area contributed by atoms with Gasteiger partial charge in [-0.25, -0.2) is 19.4 Å². The number of hydrogen-bond acceptors (Lipinski definition) is 25. The molecule has 0 spiro atoms. The summed E-state index contributed by atoms with van der Waals surface area (Å²) in [6, 6.07) is 27.4. The van der Waals surface area contributed by atoms with E-state index in [1.165, 1.54) is 27.3 Å². The minimum absolute atomic E-state index is 0.0407. The van der Waals surface area contributed by atoms with Gasteiger partial charge in [0.25, 0.3) is 11.5 Å². The number of hydrogen-bond donors (Lipinski definition) is 6. The first-order chi connectivity index (χ1) is 57.4. The fourth-order valence-corrected chi connectivity index (χ4v) is 13.6. The predicted molar refractivity (Wildman–Crippen MR) is 454 cm³/mol. The van der Waals surface area contributed by atoms with Crippen LogP contribution in [-0.4, -0.2) is 252 Å². The predicted octanol–water partition coefficient (Wildman–Crippen LogP) is 8.83. The molecule has 632 valence electrons. The molecule has 0 saturated carbocycles. The Morgan fingerprint density at radius 2 is 1.17 bits per heavy atom. The number of H-pyrrole nitrogens is 1. The number of carbonyl (C=O) groups excluding carboxylic acids is 2. The number of anilines is 2. The second kappa shape index (κ2) is 47.9. The highest BCUT2D eigenvalue weighted by Crippen LogP contribution is 2.49. The molecule has 10 rings (SSSR count). The average Bonchev–Trinajstić information content (AvgIpc) is 1.53. The molecular formula is C81H98BF2I2N13O19. The number of fused-ring (bicyclic) bond motifs is 3. The number of nitrogens with zero attached hydrogens (tertiary/aromatic N) is 8. The monoisotopic (exact) mass is 1860 g/mol. The lowest BCUT2D eigenvalue weighted by Crippen LogP contribution is -2.51. The molecule has 0 bridgehead atoms. The van der Waals surface area contributed by atoms with Gasteiger partial charge in [0.05, 0.1) is 172 Å². The van der Waals surface area contributed by atoms with Gasteiger partial charge in [0.2, 0.25) is 11.9 Å². The third-order valence-electron chi connectivity index (χ3n) is 18.1. The Morgan fingerprint density at radius 1 is 0.644 bits per heavy atom. The van der Waals surface area contributed by atoms with Crippen LogP contribution in [-0.2, 0) is 81.4 Å². The molecule has 6 heterocycles. The molecule has 2 amide bonds. The Labute approximate surface area is 708 Å². The quantitative estimate of drug-likeness (QED) is 0.0118. The topological polar surface area (TPSA) is 373 Å². The minimum Gasteiger partial charge on any atom is -0.491 e. The van der Waals surface area contributed by atoms with Gasteiger partial charge in [-0.05, 0) is 161 Å². The summed E-state index contributed by atoms with van der Waals surface area (Å²) in [5, 5.41) is 26.4. The molecule has 7 N–H and O–H groups in total. The summed E-state index contributed by atoms with van der Waals surface area (Å²) >= 11 is 4.39. The Hall–Kier alpha value is -9.50. The van der Waals surface area contributed by atoms with Crippen LogP contribution in [0, 0.1) is 10.5 Å². The number of amides is 2. The summed E-state index contributed by atoms with van der Waals surface area (Å²) < 4.78 is 121. The van der Waals surface area contributed by atoms with Crippen LogP contribution in [0.3, 0.4) is 0 Å². The zero-order valence-corrected chi connectivity index (χ0v) is 70.4. The van der Waals surface area contributed by atoms with Crippen LogP contribution in [0.25, 0.3) is 35.0 Å². The first-order valence-corrected chi connectivity index (χ1v) is 40.5. The van der Waals surface area contributed by atoms with Crippen molar-refractivity contribution < 1.29 is 98.9 Å². The van der Waals surface area contributed by atoms with Crippen molar-refractivity contribution >= 4 is 122 Å². The second-order valence-corrected chi connectivity index (χ2v) is 28.7. The van der Waals surface area contributed by atoms with Gasteiger partial charge in [-0.15, -0.1) is 5.10 Å². The van der Waals surface area contributed by atoms with Gasteiger partial charge >= 0.3 is 12.9 Å². The van der Waals surface area contributed by atoms with E-state index in [1.807, 2.05) is 98.8 Å². The molecule has 0 aliphatic carbocycles. The number of nitrogens with one attached hydrogen (secondary N) is 4. The fraction of sp³-hybridized carbons (Fsp3) is 0.407. The van der Waals surface area contributed by atoms with Gasteiger partial charge in [-0.3, -0.25) is 19.4 Å². The molecule has 2 aliphatic heterocycles. The van der Waals surface area contributed by atoms with Gasteiger partial charge in [-0.2, -0.15) is 4.98 Å². The van der Waals surface area contributed by atoms with E-state index in [0.29, 0.717) is 202 Å². The van der Waals surface area contributed by atoms with Crippen molar-refractivity contribution in [2.45, 2.75) is 52.4 Å². The lowest BCUT2D eigenvalue weighted by molar-refractivity contribution is -0.362. The molecular weight excluding hydrogens is 1760 g/mol. The highest BCUT2D eigenvalue weighted by molar-refractivity contribution is 14.1. The van der Waals surface area contributed by atoms with E-state index in [1.54, 1.807) is 49.4 Å². The number of nitrogens with two attached hydrogens (primary N) is 1. The van der Waals surface area contributed by atoms with Crippen LogP contribution >= 0.6 is 45.2 Å². The van der Waals surface area contributed by atoms with Crippen molar-refractivity contribution in [1.82, 2.24) is 50.0 Å². The molecule has 32 nitrogen and oxygen atoms in total. The minimum atomic E-state index is -4.51. The molecule has 1 atom stereocenters. The van der Waals surface area contributed by atoms with E-state index < -0.39 is 36.4 Å². The summed E-state index contributed by atoms with van der Waals surface area (Å²) in [6.45, 7) is 8.63. The van der Waals surface area contributed by atoms with Crippen molar-refractivity contribution in [3.8, 4) is 17.2 Å². The number of carbonyl (C=O) groups is 3. The highest BCUT2D eigenvalue weighted by atomic mass is 127. The maximum atomic E-state index is 18.2. The number of aromatic nitrogens is 8. The first kappa shape index (κ1) is 90.8. The van der Waals surface area contributed by atoms with Crippen LogP contribution in [0.15, 0.2) is 135 Å². The molecule has 8 aromatic rings. The molecule has 37 heteroatoms. The second-order valence-electron chi connectivity index (χ2n) is 26.5. The zero-order chi connectivity index (χ0) is 83.4. The van der Waals surface area contributed by atoms with Crippen LogP contribution < -0.4 is 41.5 Å². The molecule has 2 aliphatic rings. The third kappa shape index (κ3) is 27.3. The molecule has 0 saturated heterocycles. The van der Waals surface area contributed by atoms with E-state index in [-0.39, 0.29) is 75.0 Å². The van der Waals surface area contributed by atoms with Gasteiger partial charge < -0.3 is 111 Å². The smallest absolute Gasteiger partial charge is 0.491 e. The maximum absolute atomic E-state index is 18.2. The van der Waals surface area contributed by atoms with Crippen molar-refractivity contribution in [3.05, 3.63) is 195 Å². The average molecular weight is 1860 g/mol. The summed E-state index contributed by atoms with van der Waals surface area (Å²) in [5.74, 6) is -0.500. The molecule has 118 heavy (non-hydrogen) atoms. The van der Waals surface area contributed by atoms with Crippen LogP contribution in [0.2, 0.25) is 0 Å². The number of methoxy groups -OCH3 is 2. The summed E-state index contributed by atoms with van der Waals surface area (Å²) in [4.78, 5) is 64.4. The van der Waals surface area contributed by atoms with Gasteiger partial charge in [0, 0.05) is 65.0 Å². The molecule has 0 radical (unpaired) electrons. The summed E-state index contributed by atoms with van der Waals surface area (Å²) in [7, 11) is 3.25. The highest BCUT2D eigenvalue weighted by Gasteiger charge is 2.57. The fourth-order valence-electron chi connectivity index (χ4n) is 12.2. The van der Waals surface area contributed by atoms with Gasteiger partial charge in [0.1, 0.15) is 48.8 Å². The van der Waals surface area contributed by atoms with Crippen LogP contribution in [0.5, 0.6) is 17.2 Å². The SMILES string of the molecule is COCCOCCOCCOc1ccc(/C=C/C2=[N+]3C(=C(c4ccc(OCCOCCOCCOCc5cn(CCOCCOCCNC(=O)CC[C@H](NC(=O)c6ccc(NCc7cnc8nc(N)[nH]c(=O)c8n7)cc6)C(=O)O)nn5)cc4)c4c(C)c(I)c(/C=C/c5ccc(OCCOCCOCCOC)cc5)n4[B-]3(F)F)C(C)=C2I)cc1. The van der Waals surface area contributed by atoms with Crippen LogP contribution in [0.4, 0.5) is 20.3 Å². The number of carboxylic acid groups (broad SMARTS) is 1. The summed E-state index contributed by atoms with van der Waals surface area (Å²) in [5.41, 5.74) is 13.2. The number of carboxylic acids is 1. The van der Waals surface area contributed by atoms with E-state index in [4.69, 9.17) is 72.0 Å². The lowest BCUT2D eigenvalue weighted by Gasteiger charge is -2.34. The number of rotatable bonds is 55. The molecule has 4 aromatic carbocycles. The molecule has 4 aromatic heterocycles. The van der Waals surface area contributed by atoms with E-state index in [2.05, 4.69) is 91.4 Å². The molecule has 0 unspecified atom stereocenters. The van der Waals surface area contributed by atoms with E-state index in [0.717, 1.165) is 27.8 Å². The Balaban J connectivity index is 0.615. The number of allylic oxidation sites excluding steroid dienone is 3. The Bertz CT molecular complexity index is 4800.